The molecule has 2 heteroatoms. The van der Waals surface area contributed by atoms with Gasteiger partial charge >= 0.3 is 0 Å². The summed E-state index contributed by atoms with van der Waals surface area (Å²) in [4.78, 5) is 2.39. The summed E-state index contributed by atoms with van der Waals surface area (Å²) in [6.45, 7) is 4.26. The average molecular weight is 572 g/mol. The SMILES string of the molecule is CCc1ccc(OC)cc1.Cc1ccc(-c2ccc(N(c3cccc4ccccc34)c3cccc4ccccc34)cc2)cc1. The van der Waals surface area contributed by atoms with Gasteiger partial charge in [-0.05, 0) is 77.2 Å². The summed E-state index contributed by atoms with van der Waals surface area (Å²) in [7, 11) is 1.68. The van der Waals surface area contributed by atoms with Crippen LogP contribution in [0.5, 0.6) is 5.75 Å². The van der Waals surface area contributed by atoms with E-state index in [1.54, 1.807) is 7.11 Å². The molecule has 0 fully saturated rings. The van der Waals surface area contributed by atoms with E-state index < -0.39 is 0 Å². The Balaban J connectivity index is 0.000000294. The van der Waals surface area contributed by atoms with Gasteiger partial charge in [0, 0.05) is 16.5 Å². The van der Waals surface area contributed by atoms with Crippen LogP contribution in [0.1, 0.15) is 18.1 Å². The standard InChI is InChI=1S/C33H25N.C9H12O/c1-24-16-18-25(19-17-24)26-20-22-29(23-21-26)34(32-14-6-10-27-8-2-4-12-30(27)32)33-15-7-11-28-9-3-5-13-31(28)33;1-3-8-4-6-9(10-2)7-5-8/h2-23H,1H3;4-7H,3H2,1-2H3. The van der Waals surface area contributed by atoms with Crippen LogP contribution in [0, 0.1) is 6.92 Å². The summed E-state index contributed by atoms with van der Waals surface area (Å²) in [5, 5.41) is 4.95. The molecule has 7 aromatic rings. The molecule has 0 bridgehead atoms. The van der Waals surface area contributed by atoms with Crippen LogP contribution < -0.4 is 9.64 Å². The van der Waals surface area contributed by atoms with Crippen LogP contribution in [0.3, 0.4) is 0 Å². The molecule has 0 radical (unpaired) electrons. The minimum atomic E-state index is 0.928. The number of anilines is 3. The minimum Gasteiger partial charge on any atom is -0.497 e. The molecule has 2 nitrogen and oxygen atoms in total. The van der Waals surface area contributed by atoms with Gasteiger partial charge in [0.15, 0.2) is 0 Å². The van der Waals surface area contributed by atoms with Gasteiger partial charge in [0.25, 0.3) is 0 Å². The molecule has 0 atom stereocenters. The highest BCUT2D eigenvalue weighted by Crippen LogP contribution is 2.42. The lowest BCUT2D eigenvalue weighted by Gasteiger charge is -2.28. The van der Waals surface area contributed by atoms with Crippen molar-refractivity contribution in [2.24, 2.45) is 0 Å². The molecule has 0 saturated carbocycles. The van der Waals surface area contributed by atoms with Crippen molar-refractivity contribution in [3.05, 3.63) is 169 Å². The summed E-state index contributed by atoms with van der Waals surface area (Å²) < 4.78 is 5.01. The molecule has 7 rings (SSSR count). The smallest absolute Gasteiger partial charge is 0.118 e. The zero-order chi connectivity index (χ0) is 30.3. The van der Waals surface area contributed by atoms with Crippen molar-refractivity contribution in [1.82, 2.24) is 0 Å². The van der Waals surface area contributed by atoms with E-state index in [1.165, 1.54) is 55.2 Å². The van der Waals surface area contributed by atoms with Crippen molar-refractivity contribution in [1.29, 1.82) is 0 Å². The van der Waals surface area contributed by atoms with E-state index in [0.717, 1.165) is 17.9 Å². The fourth-order valence-corrected chi connectivity index (χ4v) is 5.62. The summed E-state index contributed by atoms with van der Waals surface area (Å²) in [6.07, 6.45) is 1.09. The van der Waals surface area contributed by atoms with E-state index in [-0.39, 0.29) is 0 Å². The topological polar surface area (TPSA) is 12.5 Å². The average Bonchev–Trinajstić information content (AvgIpc) is 3.09. The van der Waals surface area contributed by atoms with Gasteiger partial charge in [-0.1, -0.05) is 134 Å². The van der Waals surface area contributed by atoms with Gasteiger partial charge in [0.1, 0.15) is 5.75 Å². The van der Waals surface area contributed by atoms with Crippen molar-refractivity contribution in [3.8, 4) is 16.9 Å². The summed E-state index contributed by atoms with van der Waals surface area (Å²) in [5.41, 5.74) is 8.58. The van der Waals surface area contributed by atoms with Crippen LogP contribution >= 0.6 is 0 Å². The van der Waals surface area contributed by atoms with Crippen molar-refractivity contribution >= 4 is 38.6 Å². The van der Waals surface area contributed by atoms with E-state index in [1.807, 2.05) is 12.1 Å². The van der Waals surface area contributed by atoms with Gasteiger partial charge in [-0.15, -0.1) is 0 Å². The first-order valence-corrected chi connectivity index (χ1v) is 15.2. The number of hydrogen-bond acceptors (Lipinski definition) is 2. The second-order valence-corrected chi connectivity index (χ2v) is 10.9. The first-order chi connectivity index (χ1) is 21.6. The Kier molecular flexibility index (Phi) is 8.70. The largest absolute Gasteiger partial charge is 0.497 e. The summed E-state index contributed by atoms with van der Waals surface area (Å²) in [6, 6.07) is 56.1. The molecule has 0 aromatic heterocycles. The van der Waals surface area contributed by atoms with Gasteiger partial charge in [0.05, 0.1) is 18.5 Å². The number of nitrogens with zero attached hydrogens (tertiary/aromatic N) is 1. The van der Waals surface area contributed by atoms with E-state index in [4.69, 9.17) is 4.74 Å². The maximum absolute atomic E-state index is 5.01. The molecule has 0 heterocycles. The van der Waals surface area contributed by atoms with Gasteiger partial charge in [-0.3, -0.25) is 0 Å². The van der Waals surface area contributed by atoms with Crippen molar-refractivity contribution in [2.75, 3.05) is 12.0 Å². The third-order valence-electron chi connectivity index (χ3n) is 8.09. The molecule has 0 aliphatic rings. The molecule has 0 N–H and O–H groups in total. The van der Waals surface area contributed by atoms with Crippen molar-refractivity contribution in [2.45, 2.75) is 20.3 Å². The number of fused-ring (bicyclic) bond motifs is 2. The first kappa shape index (κ1) is 28.8. The zero-order valence-corrected chi connectivity index (χ0v) is 25.6. The predicted octanol–water partition coefficient (Wildman–Crippen LogP) is 11.7. The van der Waals surface area contributed by atoms with E-state index in [2.05, 4.69) is 164 Å². The number of benzene rings is 7. The lowest BCUT2D eigenvalue weighted by atomic mass is 10.0. The second kappa shape index (κ2) is 13.3. The highest BCUT2D eigenvalue weighted by Gasteiger charge is 2.17. The number of aryl methyl sites for hydroxylation is 2. The highest BCUT2D eigenvalue weighted by atomic mass is 16.5. The molecule has 44 heavy (non-hydrogen) atoms. The molecule has 0 amide bonds. The third kappa shape index (κ3) is 6.21. The molecule has 7 aromatic carbocycles. The van der Waals surface area contributed by atoms with Gasteiger partial charge in [-0.2, -0.15) is 0 Å². The van der Waals surface area contributed by atoms with Gasteiger partial charge in [-0.25, -0.2) is 0 Å². The molecule has 0 aliphatic heterocycles. The van der Waals surface area contributed by atoms with Crippen LogP contribution in [0.2, 0.25) is 0 Å². The Hall–Kier alpha value is -5.34. The Bertz CT molecular complexity index is 1860. The van der Waals surface area contributed by atoms with E-state index in [9.17, 15) is 0 Å². The Morgan fingerprint density at radius 3 is 1.48 bits per heavy atom. The highest BCUT2D eigenvalue weighted by molar-refractivity contribution is 6.04. The van der Waals surface area contributed by atoms with Crippen LogP contribution in [-0.2, 0) is 6.42 Å². The van der Waals surface area contributed by atoms with Gasteiger partial charge in [0.2, 0.25) is 0 Å². The van der Waals surface area contributed by atoms with Gasteiger partial charge < -0.3 is 9.64 Å². The fourth-order valence-electron chi connectivity index (χ4n) is 5.62. The molecular formula is C42H37NO. The third-order valence-corrected chi connectivity index (χ3v) is 8.09. The monoisotopic (exact) mass is 571 g/mol. The predicted molar refractivity (Wildman–Crippen MR) is 189 cm³/mol. The Morgan fingerprint density at radius 1 is 0.500 bits per heavy atom. The van der Waals surface area contributed by atoms with Crippen LogP contribution in [0.15, 0.2) is 158 Å². The van der Waals surface area contributed by atoms with Crippen LogP contribution in [0.4, 0.5) is 17.1 Å². The lowest BCUT2D eigenvalue weighted by molar-refractivity contribution is 0.414. The quantitative estimate of drug-likeness (QED) is 0.197. The Labute approximate surface area is 260 Å². The molecule has 0 spiro atoms. The number of rotatable bonds is 6. The number of methoxy groups -OCH3 is 1. The first-order valence-electron chi connectivity index (χ1n) is 15.2. The summed E-state index contributed by atoms with van der Waals surface area (Å²) in [5.74, 6) is 0.928. The van der Waals surface area contributed by atoms with E-state index in [0.29, 0.717) is 0 Å². The Morgan fingerprint density at radius 2 is 0.977 bits per heavy atom. The molecule has 0 saturated heterocycles. The number of hydrogen-bond donors (Lipinski definition) is 0. The second-order valence-electron chi connectivity index (χ2n) is 10.9. The van der Waals surface area contributed by atoms with Crippen molar-refractivity contribution < 1.29 is 4.74 Å². The summed E-state index contributed by atoms with van der Waals surface area (Å²) >= 11 is 0. The zero-order valence-electron chi connectivity index (χ0n) is 25.6. The normalized spacial score (nSPS) is 10.7. The molecule has 216 valence electrons. The molecular weight excluding hydrogens is 534 g/mol. The fraction of sp³-hybridized carbons (Fsp3) is 0.0952. The minimum absolute atomic E-state index is 0.928. The molecule has 0 aliphatic carbocycles. The van der Waals surface area contributed by atoms with Crippen molar-refractivity contribution in [3.63, 3.8) is 0 Å². The van der Waals surface area contributed by atoms with Crippen LogP contribution in [-0.4, -0.2) is 7.11 Å². The maximum atomic E-state index is 5.01. The molecule has 0 unspecified atom stereocenters. The van der Waals surface area contributed by atoms with E-state index >= 15 is 0 Å². The number of ether oxygens (including phenoxy) is 1. The maximum Gasteiger partial charge on any atom is 0.118 e. The van der Waals surface area contributed by atoms with Crippen LogP contribution in [0.25, 0.3) is 32.7 Å². The lowest BCUT2D eigenvalue weighted by Crippen LogP contribution is -2.11.